The maximum Gasteiger partial charge on any atom is 0.136 e. The Balaban J connectivity index is 2.30. The maximum absolute atomic E-state index is 5.83. The summed E-state index contributed by atoms with van der Waals surface area (Å²) in [5, 5.41) is 8.20. The molecule has 2 N–H and O–H groups in total. The molecule has 4 nitrogen and oxygen atoms in total. The molecule has 0 aliphatic heterocycles. The molecule has 0 saturated carbocycles. The molecule has 0 unspecified atom stereocenters. The van der Waals surface area contributed by atoms with Gasteiger partial charge in [0.25, 0.3) is 0 Å². The second-order valence-corrected chi connectivity index (χ2v) is 3.55. The number of nitrogens with two attached hydrogens (primary N) is 1. The molecule has 0 fully saturated rings. The fourth-order valence-corrected chi connectivity index (χ4v) is 1.73. The lowest BCUT2D eigenvalue weighted by Gasteiger charge is -2.01. The fraction of sp³-hybridized carbons (Fsp3) is 0. The third-order valence-corrected chi connectivity index (χ3v) is 2.51. The molecule has 0 radical (unpaired) electrons. The summed E-state index contributed by atoms with van der Waals surface area (Å²) in [6, 6.07) is 15.6. The molecule has 0 bridgehead atoms. The van der Waals surface area contributed by atoms with Crippen molar-refractivity contribution in [2.24, 2.45) is 0 Å². The molecule has 1 aromatic heterocycles. The summed E-state index contributed by atoms with van der Waals surface area (Å²) in [5.74, 6) is 0. The first kappa shape index (κ1) is 8.91. The van der Waals surface area contributed by atoms with Crippen molar-refractivity contribution in [2.45, 2.75) is 0 Å². The highest BCUT2D eigenvalue weighted by Gasteiger charge is 2.07. The van der Waals surface area contributed by atoms with Crippen molar-refractivity contribution in [2.75, 3.05) is 5.73 Å². The van der Waals surface area contributed by atoms with Crippen LogP contribution in [0.15, 0.2) is 48.5 Å². The lowest BCUT2D eigenvalue weighted by atomic mass is 10.2. The van der Waals surface area contributed by atoms with E-state index in [0.717, 1.165) is 16.7 Å². The van der Waals surface area contributed by atoms with Crippen molar-refractivity contribution in [3.05, 3.63) is 48.5 Å². The first-order chi connectivity index (χ1) is 7.86. The molecule has 2 aromatic carbocycles. The van der Waals surface area contributed by atoms with E-state index in [0.29, 0.717) is 5.69 Å². The number of nitrogen functional groups attached to an aromatic ring is 1. The molecule has 4 heteroatoms. The van der Waals surface area contributed by atoms with Crippen LogP contribution in [-0.2, 0) is 0 Å². The molecular formula is C12H10N4. The minimum atomic E-state index is 0.652. The topological polar surface area (TPSA) is 56.7 Å². The van der Waals surface area contributed by atoms with Crippen molar-refractivity contribution in [3.8, 4) is 5.69 Å². The average Bonchev–Trinajstić information content (AvgIpc) is 2.75. The Morgan fingerprint density at radius 1 is 0.938 bits per heavy atom. The van der Waals surface area contributed by atoms with Gasteiger partial charge in [0.2, 0.25) is 0 Å². The van der Waals surface area contributed by atoms with Gasteiger partial charge in [-0.3, -0.25) is 0 Å². The Bertz CT molecular complexity index is 628. The highest BCUT2D eigenvalue weighted by molar-refractivity contribution is 5.87. The summed E-state index contributed by atoms with van der Waals surface area (Å²) >= 11 is 0. The van der Waals surface area contributed by atoms with Crippen molar-refractivity contribution in [1.82, 2.24) is 15.0 Å². The van der Waals surface area contributed by atoms with E-state index in [1.54, 1.807) is 4.68 Å². The van der Waals surface area contributed by atoms with Crippen LogP contribution >= 0.6 is 0 Å². The van der Waals surface area contributed by atoms with Gasteiger partial charge in [0.05, 0.1) is 16.9 Å². The van der Waals surface area contributed by atoms with Gasteiger partial charge in [-0.2, -0.15) is 0 Å². The Labute approximate surface area is 92.3 Å². The van der Waals surface area contributed by atoms with Gasteiger partial charge in [0, 0.05) is 0 Å². The molecule has 3 aromatic rings. The molecule has 0 aliphatic carbocycles. The van der Waals surface area contributed by atoms with E-state index in [-0.39, 0.29) is 0 Å². The summed E-state index contributed by atoms with van der Waals surface area (Å²) in [7, 11) is 0. The average molecular weight is 210 g/mol. The van der Waals surface area contributed by atoms with Crippen LogP contribution in [0.25, 0.3) is 16.7 Å². The van der Waals surface area contributed by atoms with Crippen LogP contribution in [0, 0.1) is 0 Å². The molecule has 0 saturated heterocycles. The van der Waals surface area contributed by atoms with Crippen LogP contribution in [0.3, 0.4) is 0 Å². The molecule has 16 heavy (non-hydrogen) atoms. The molecule has 3 rings (SSSR count). The lowest BCUT2D eigenvalue weighted by Crippen LogP contribution is -1.95. The third-order valence-electron chi connectivity index (χ3n) is 2.51. The predicted molar refractivity (Wildman–Crippen MR) is 63.3 cm³/mol. The summed E-state index contributed by atoms with van der Waals surface area (Å²) < 4.78 is 1.78. The number of nitrogens with zero attached hydrogens (tertiary/aromatic N) is 3. The zero-order chi connectivity index (χ0) is 11.0. The van der Waals surface area contributed by atoms with E-state index in [9.17, 15) is 0 Å². The van der Waals surface area contributed by atoms with Gasteiger partial charge >= 0.3 is 0 Å². The highest BCUT2D eigenvalue weighted by atomic mass is 15.4. The van der Waals surface area contributed by atoms with Gasteiger partial charge in [0.1, 0.15) is 5.52 Å². The van der Waals surface area contributed by atoms with Crippen molar-refractivity contribution >= 4 is 16.7 Å². The van der Waals surface area contributed by atoms with Gasteiger partial charge in [-0.1, -0.05) is 29.5 Å². The van der Waals surface area contributed by atoms with Gasteiger partial charge in [-0.25, -0.2) is 4.68 Å². The van der Waals surface area contributed by atoms with Crippen molar-refractivity contribution < 1.29 is 0 Å². The van der Waals surface area contributed by atoms with Crippen LogP contribution in [0.5, 0.6) is 0 Å². The quantitative estimate of drug-likeness (QED) is 0.625. The Kier molecular flexibility index (Phi) is 1.86. The Hall–Kier alpha value is -2.36. The smallest absolute Gasteiger partial charge is 0.136 e. The van der Waals surface area contributed by atoms with Crippen LogP contribution in [-0.4, -0.2) is 15.0 Å². The minimum Gasteiger partial charge on any atom is -0.397 e. The zero-order valence-electron chi connectivity index (χ0n) is 8.54. The summed E-state index contributed by atoms with van der Waals surface area (Å²) in [5.41, 5.74) is 9.13. The van der Waals surface area contributed by atoms with Crippen LogP contribution < -0.4 is 5.73 Å². The van der Waals surface area contributed by atoms with E-state index in [1.807, 2.05) is 48.5 Å². The number of hydrogen-bond acceptors (Lipinski definition) is 3. The third kappa shape index (κ3) is 1.24. The van der Waals surface area contributed by atoms with Gasteiger partial charge in [-0.15, -0.1) is 5.10 Å². The molecule has 0 atom stereocenters. The molecular weight excluding hydrogens is 200 g/mol. The number of anilines is 1. The Morgan fingerprint density at radius 3 is 2.56 bits per heavy atom. The first-order valence-corrected chi connectivity index (χ1v) is 5.01. The zero-order valence-corrected chi connectivity index (χ0v) is 8.54. The largest absolute Gasteiger partial charge is 0.397 e. The van der Waals surface area contributed by atoms with E-state index < -0.39 is 0 Å². The maximum atomic E-state index is 5.83. The van der Waals surface area contributed by atoms with Crippen molar-refractivity contribution in [1.29, 1.82) is 0 Å². The molecule has 0 spiro atoms. The fourth-order valence-electron chi connectivity index (χ4n) is 1.73. The number of para-hydroxylation sites is 1. The monoisotopic (exact) mass is 210 g/mol. The Morgan fingerprint density at radius 2 is 1.75 bits per heavy atom. The second-order valence-electron chi connectivity index (χ2n) is 3.55. The van der Waals surface area contributed by atoms with Gasteiger partial charge in [0.15, 0.2) is 0 Å². The number of fused-ring (bicyclic) bond motifs is 1. The van der Waals surface area contributed by atoms with E-state index >= 15 is 0 Å². The predicted octanol–water partition coefficient (Wildman–Crippen LogP) is 2.00. The van der Waals surface area contributed by atoms with Crippen LogP contribution in [0.1, 0.15) is 0 Å². The normalized spacial score (nSPS) is 10.8. The molecule has 1 heterocycles. The summed E-state index contributed by atoms with van der Waals surface area (Å²) in [6.45, 7) is 0. The number of rotatable bonds is 1. The lowest BCUT2D eigenvalue weighted by molar-refractivity contribution is 0.824. The van der Waals surface area contributed by atoms with E-state index in [1.165, 1.54) is 0 Å². The van der Waals surface area contributed by atoms with Crippen LogP contribution in [0.2, 0.25) is 0 Å². The molecule has 78 valence electrons. The SMILES string of the molecule is Nc1cccc2c1nnn2-c1ccccc1. The first-order valence-electron chi connectivity index (χ1n) is 5.01. The number of benzene rings is 2. The summed E-state index contributed by atoms with van der Waals surface area (Å²) in [6.07, 6.45) is 0. The minimum absolute atomic E-state index is 0.652. The number of hydrogen-bond donors (Lipinski definition) is 1. The van der Waals surface area contributed by atoms with Crippen LogP contribution in [0.4, 0.5) is 5.69 Å². The number of aromatic nitrogens is 3. The highest BCUT2D eigenvalue weighted by Crippen LogP contribution is 2.20. The summed E-state index contributed by atoms with van der Waals surface area (Å²) in [4.78, 5) is 0. The van der Waals surface area contributed by atoms with Gasteiger partial charge < -0.3 is 5.73 Å². The standard InChI is InChI=1S/C12H10N4/c13-10-7-4-8-11-12(10)14-15-16(11)9-5-2-1-3-6-9/h1-8H,13H2. The van der Waals surface area contributed by atoms with Gasteiger partial charge in [-0.05, 0) is 24.3 Å². The molecule has 0 aliphatic rings. The van der Waals surface area contributed by atoms with E-state index in [4.69, 9.17) is 5.73 Å². The second kappa shape index (κ2) is 3.34. The van der Waals surface area contributed by atoms with Crippen molar-refractivity contribution in [3.63, 3.8) is 0 Å². The molecule has 0 amide bonds. The van der Waals surface area contributed by atoms with E-state index in [2.05, 4.69) is 10.3 Å².